The second kappa shape index (κ2) is 9.72. The third-order valence-corrected chi connectivity index (χ3v) is 3.76. The number of aromatic nitrogens is 1. The van der Waals surface area contributed by atoms with Gasteiger partial charge in [-0.05, 0) is 36.2 Å². The summed E-state index contributed by atoms with van der Waals surface area (Å²) in [5, 5.41) is 8.55. The number of benzene rings is 1. The number of alkyl halides is 3. The molecule has 6 nitrogen and oxygen atoms in total. The quantitative estimate of drug-likeness (QED) is 0.521. The molecule has 0 bridgehead atoms. The minimum absolute atomic E-state index is 0.170. The number of carbonyl (C=O) groups excluding carboxylic acids is 1. The normalized spacial score (nSPS) is 11.8. The van der Waals surface area contributed by atoms with Crippen LogP contribution < -0.4 is 16.0 Å². The molecule has 1 amide bonds. The molecule has 0 aliphatic carbocycles. The Morgan fingerprint density at radius 3 is 2.61 bits per heavy atom. The Morgan fingerprint density at radius 1 is 1.18 bits per heavy atom. The van der Waals surface area contributed by atoms with Gasteiger partial charge in [-0.25, -0.2) is 4.98 Å². The number of halogens is 3. The Hall–Kier alpha value is -3.10. The fourth-order valence-electron chi connectivity index (χ4n) is 2.31. The van der Waals surface area contributed by atoms with Crippen molar-refractivity contribution < 1.29 is 18.0 Å². The smallest absolute Gasteiger partial charge is 0.356 e. The zero-order valence-corrected chi connectivity index (χ0v) is 15.6. The molecule has 9 heteroatoms. The number of guanidine groups is 1. The monoisotopic (exact) mass is 393 g/mol. The highest BCUT2D eigenvalue weighted by Gasteiger charge is 2.30. The van der Waals surface area contributed by atoms with Crippen LogP contribution in [-0.2, 0) is 17.5 Å². The number of nitrogens with one attached hydrogen (secondary N) is 3. The van der Waals surface area contributed by atoms with E-state index < -0.39 is 11.7 Å². The molecule has 0 saturated carbocycles. The van der Waals surface area contributed by atoms with E-state index >= 15 is 0 Å². The molecule has 0 radical (unpaired) electrons. The van der Waals surface area contributed by atoms with E-state index in [0.29, 0.717) is 23.9 Å². The topological polar surface area (TPSA) is 78.4 Å². The molecular weight excluding hydrogens is 371 g/mol. The number of aliphatic imine (C=N–C) groups is 1. The van der Waals surface area contributed by atoms with Gasteiger partial charge in [0.25, 0.3) is 0 Å². The Bertz CT molecular complexity index is 819. The van der Waals surface area contributed by atoms with Crippen LogP contribution in [0.3, 0.4) is 0 Å². The van der Waals surface area contributed by atoms with Gasteiger partial charge in [-0.2, -0.15) is 13.2 Å². The van der Waals surface area contributed by atoms with Crippen molar-refractivity contribution in [3.63, 3.8) is 0 Å². The van der Waals surface area contributed by atoms with E-state index in [1.807, 2.05) is 13.0 Å². The van der Waals surface area contributed by atoms with Gasteiger partial charge in [0.05, 0.1) is 5.56 Å². The molecule has 1 aromatic heterocycles. The number of rotatable bonds is 6. The molecule has 3 N–H and O–H groups in total. The molecule has 0 aliphatic rings. The highest BCUT2D eigenvalue weighted by molar-refractivity contribution is 5.90. The summed E-state index contributed by atoms with van der Waals surface area (Å²) in [6.07, 6.45) is -2.54. The summed E-state index contributed by atoms with van der Waals surface area (Å²) in [6, 6.07) is 8.63. The first kappa shape index (κ1) is 21.2. The Kier molecular flexibility index (Phi) is 7.36. The maximum absolute atomic E-state index is 12.8. The minimum atomic E-state index is -4.38. The van der Waals surface area contributed by atoms with Crippen LogP contribution in [0.4, 0.5) is 19.0 Å². The molecule has 28 heavy (non-hydrogen) atoms. The summed E-state index contributed by atoms with van der Waals surface area (Å²) in [6.45, 7) is 2.38. The number of hydrogen-bond acceptors (Lipinski definition) is 3. The first-order valence-electron chi connectivity index (χ1n) is 8.61. The molecule has 150 valence electrons. The van der Waals surface area contributed by atoms with Crippen molar-refractivity contribution in [2.24, 2.45) is 4.99 Å². The van der Waals surface area contributed by atoms with Crippen molar-refractivity contribution in [2.45, 2.75) is 26.1 Å². The van der Waals surface area contributed by atoms with Crippen LogP contribution in [0.15, 0.2) is 47.6 Å². The maximum Gasteiger partial charge on any atom is 0.416 e. The second-order valence-electron chi connectivity index (χ2n) is 6.07. The van der Waals surface area contributed by atoms with Crippen LogP contribution in [-0.4, -0.2) is 30.4 Å². The van der Waals surface area contributed by atoms with E-state index in [9.17, 15) is 18.0 Å². The molecule has 0 aliphatic heterocycles. The van der Waals surface area contributed by atoms with Crippen LogP contribution in [0.2, 0.25) is 0 Å². The maximum atomic E-state index is 12.8. The number of carbonyl (C=O) groups is 1. The summed E-state index contributed by atoms with van der Waals surface area (Å²) in [5.74, 6) is 0.651. The third-order valence-electron chi connectivity index (χ3n) is 3.76. The van der Waals surface area contributed by atoms with Crippen molar-refractivity contribution in [1.82, 2.24) is 15.6 Å². The molecule has 0 saturated heterocycles. The predicted molar refractivity (Wildman–Crippen MR) is 102 cm³/mol. The molecule has 2 aromatic rings. The Balaban J connectivity index is 1.77. The number of nitrogens with zero attached hydrogens (tertiary/aromatic N) is 2. The lowest BCUT2D eigenvalue weighted by atomic mass is 10.1. The van der Waals surface area contributed by atoms with E-state index in [1.165, 1.54) is 13.1 Å². The van der Waals surface area contributed by atoms with Gasteiger partial charge in [0.15, 0.2) is 5.96 Å². The summed E-state index contributed by atoms with van der Waals surface area (Å²) in [4.78, 5) is 20.0. The van der Waals surface area contributed by atoms with Crippen molar-refractivity contribution in [1.29, 1.82) is 0 Å². The third kappa shape index (κ3) is 6.90. The fraction of sp³-hybridized carbons (Fsp3) is 0.316. The summed E-state index contributed by atoms with van der Waals surface area (Å²) in [7, 11) is 1.54. The SMILES string of the molecule is CN=C(NCCC(=O)Nc1ccc(C)cn1)NCc1cccc(C(F)(F)F)c1. The molecule has 0 fully saturated rings. The van der Waals surface area contributed by atoms with Gasteiger partial charge in [-0.1, -0.05) is 18.2 Å². The van der Waals surface area contributed by atoms with Gasteiger partial charge < -0.3 is 16.0 Å². The van der Waals surface area contributed by atoms with Gasteiger partial charge in [-0.3, -0.25) is 9.79 Å². The van der Waals surface area contributed by atoms with Crippen LogP contribution in [0.5, 0.6) is 0 Å². The van der Waals surface area contributed by atoms with Crippen molar-refractivity contribution >= 4 is 17.7 Å². The molecule has 0 spiro atoms. The van der Waals surface area contributed by atoms with E-state index in [-0.39, 0.29) is 18.9 Å². The number of amides is 1. The van der Waals surface area contributed by atoms with Gasteiger partial charge in [-0.15, -0.1) is 0 Å². The highest BCUT2D eigenvalue weighted by Crippen LogP contribution is 2.29. The zero-order chi connectivity index (χ0) is 20.6. The van der Waals surface area contributed by atoms with Gasteiger partial charge in [0.1, 0.15) is 5.82 Å². The van der Waals surface area contributed by atoms with E-state index in [4.69, 9.17) is 0 Å². The van der Waals surface area contributed by atoms with Crippen molar-refractivity contribution in [2.75, 3.05) is 18.9 Å². The average molecular weight is 393 g/mol. The number of aryl methyl sites for hydroxylation is 1. The summed E-state index contributed by atoms with van der Waals surface area (Å²) < 4.78 is 38.3. The molecule has 1 aromatic carbocycles. The number of hydrogen-bond donors (Lipinski definition) is 3. The summed E-state index contributed by atoms with van der Waals surface area (Å²) >= 11 is 0. The Morgan fingerprint density at radius 2 is 1.96 bits per heavy atom. The lowest BCUT2D eigenvalue weighted by Gasteiger charge is -2.13. The first-order chi connectivity index (χ1) is 13.3. The minimum Gasteiger partial charge on any atom is -0.356 e. The number of anilines is 1. The van der Waals surface area contributed by atoms with Crippen LogP contribution >= 0.6 is 0 Å². The molecule has 0 atom stereocenters. The lowest BCUT2D eigenvalue weighted by Crippen LogP contribution is -2.38. The molecule has 1 heterocycles. The van der Waals surface area contributed by atoms with Crippen molar-refractivity contribution in [3.8, 4) is 0 Å². The summed E-state index contributed by atoms with van der Waals surface area (Å²) in [5.41, 5.74) is 0.771. The number of pyridine rings is 1. The predicted octanol–water partition coefficient (Wildman–Crippen LogP) is 3.10. The fourth-order valence-corrected chi connectivity index (χ4v) is 2.31. The molecule has 0 unspecified atom stereocenters. The van der Waals surface area contributed by atoms with Crippen LogP contribution in [0.1, 0.15) is 23.1 Å². The second-order valence-corrected chi connectivity index (χ2v) is 6.07. The first-order valence-corrected chi connectivity index (χ1v) is 8.61. The van der Waals surface area contributed by atoms with Gasteiger partial charge >= 0.3 is 6.18 Å². The van der Waals surface area contributed by atoms with Crippen LogP contribution in [0.25, 0.3) is 0 Å². The van der Waals surface area contributed by atoms with Gasteiger partial charge in [0.2, 0.25) is 5.91 Å². The molecule has 2 rings (SSSR count). The standard InChI is InChI=1S/C19H22F3N5O/c1-13-6-7-16(25-11-13)27-17(28)8-9-24-18(23-2)26-12-14-4-3-5-15(10-14)19(20,21)22/h3-7,10-11H,8-9,12H2,1-2H3,(H2,23,24,26)(H,25,27,28). The Labute approximate surface area is 161 Å². The van der Waals surface area contributed by atoms with E-state index in [1.54, 1.807) is 18.3 Å². The van der Waals surface area contributed by atoms with Gasteiger partial charge in [0, 0.05) is 32.8 Å². The average Bonchev–Trinajstić information content (AvgIpc) is 2.66. The highest BCUT2D eigenvalue weighted by atomic mass is 19.4. The van der Waals surface area contributed by atoms with E-state index in [2.05, 4.69) is 25.9 Å². The lowest BCUT2D eigenvalue weighted by molar-refractivity contribution is -0.137. The van der Waals surface area contributed by atoms with Crippen molar-refractivity contribution in [3.05, 3.63) is 59.3 Å². The van der Waals surface area contributed by atoms with Crippen LogP contribution in [0, 0.1) is 6.92 Å². The van der Waals surface area contributed by atoms with E-state index in [0.717, 1.165) is 17.7 Å². The zero-order valence-electron chi connectivity index (χ0n) is 15.6. The largest absolute Gasteiger partial charge is 0.416 e. The molecular formula is C19H22F3N5O.